The molecule has 0 unspecified atom stereocenters. The Kier molecular flexibility index (Phi) is 5.43. The molecule has 1 amide bonds. The molecule has 0 bridgehead atoms. The third-order valence-electron chi connectivity index (χ3n) is 4.40. The average molecular weight is 349 g/mol. The Morgan fingerprint density at radius 2 is 2.12 bits per heavy atom. The average Bonchev–Trinajstić information content (AvgIpc) is 3.10. The van der Waals surface area contributed by atoms with E-state index in [1.54, 1.807) is 6.26 Å². The van der Waals surface area contributed by atoms with Gasteiger partial charge < -0.3 is 19.5 Å². The van der Waals surface area contributed by atoms with Crippen LogP contribution in [0.5, 0.6) is 0 Å². The predicted molar refractivity (Wildman–Crippen MR) is 94.5 cm³/mol. The van der Waals surface area contributed by atoms with E-state index in [9.17, 15) is 4.79 Å². The molecule has 1 aliphatic rings. The molecule has 0 radical (unpaired) electrons. The molecule has 3 rings (SSSR count). The highest BCUT2D eigenvalue weighted by Gasteiger charge is 2.23. The van der Waals surface area contributed by atoms with Crippen LogP contribution in [0.15, 0.2) is 47.1 Å². The van der Waals surface area contributed by atoms with Crippen molar-refractivity contribution in [2.75, 3.05) is 37.6 Å². The summed E-state index contributed by atoms with van der Waals surface area (Å²) in [7, 11) is 0. The second-order valence-corrected chi connectivity index (χ2v) is 6.63. The minimum absolute atomic E-state index is 0.0603. The van der Waals surface area contributed by atoms with Crippen molar-refractivity contribution < 1.29 is 14.1 Å². The second-order valence-electron chi connectivity index (χ2n) is 6.20. The fraction of sp³-hybridized carbons (Fsp3) is 0.389. The zero-order valence-electron chi connectivity index (χ0n) is 13.8. The molecular formula is C18H23ClN3O2+. The molecule has 128 valence electrons. The summed E-state index contributed by atoms with van der Waals surface area (Å²) in [5.41, 5.74) is 1.15. The smallest absolute Gasteiger partial charge is 0.275 e. The largest absolute Gasteiger partial charge is 0.467 e. The Balaban J connectivity index is 1.46. The summed E-state index contributed by atoms with van der Waals surface area (Å²) >= 11 is 6.06. The highest BCUT2D eigenvalue weighted by Crippen LogP contribution is 2.19. The Morgan fingerprint density at radius 3 is 2.79 bits per heavy atom. The van der Waals surface area contributed by atoms with Gasteiger partial charge in [-0.2, -0.15) is 0 Å². The predicted octanol–water partition coefficient (Wildman–Crippen LogP) is 1.52. The molecule has 0 spiro atoms. The summed E-state index contributed by atoms with van der Waals surface area (Å²) in [5.74, 6) is 0.842. The number of nitrogens with one attached hydrogen (secondary N) is 2. The number of nitrogens with zero attached hydrogens (tertiary/aromatic N) is 1. The van der Waals surface area contributed by atoms with Crippen molar-refractivity contribution in [1.29, 1.82) is 0 Å². The lowest BCUT2D eigenvalue weighted by molar-refractivity contribution is -0.892. The van der Waals surface area contributed by atoms with Crippen LogP contribution < -0.4 is 15.1 Å². The van der Waals surface area contributed by atoms with Crippen LogP contribution in [-0.4, -0.2) is 38.6 Å². The number of piperazine rings is 1. The van der Waals surface area contributed by atoms with Gasteiger partial charge in [0, 0.05) is 10.7 Å². The number of benzene rings is 1. The van der Waals surface area contributed by atoms with Crippen molar-refractivity contribution >= 4 is 23.2 Å². The van der Waals surface area contributed by atoms with Crippen molar-refractivity contribution in [3.8, 4) is 0 Å². The number of amides is 1. The van der Waals surface area contributed by atoms with E-state index in [-0.39, 0.29) is 11.9 Å². The molecule has 1 aromatic carbocycles. The van der Waals surface area contributed by atoms with Gasteiger partial charge in [0.05, 0.1) is 38.5 Å². The fourth-order valence-electron chi connectivity index (χ4n) is 3.06. The van der Waals surface area contributed by atoms with Gasteiger partial charge in [-0.3, -0.25) is 4.79 Å². The van der Waals surface area contributed by atoms with E-state index >= 15 is 0 Å². The van der Waals surface area contributed by atoms with Crippen molar-refractivity contribution in [2.45, 2.75) is 13.0 Å². The Morgan fingerprint density at radius 1 is 1.33 bits per heavy atom. The normalized spacial score (nSPS) is 16.8. The van der Waals surface area contributed by atoms with Gasteiger partial charge in [-0.05, 0) is 37.3 Å². The van der Waals surface area contributed by atoms with Gasteiger partial charge in [-0.1, -0.05) is 17.7 Å². The summed E-state index contributed by atoms with van der Waals surface area (Å²) in [4.78, 5) is 15.8. The molecule has 1 saturated heterocycles. The van der Waals surface area contributed by atoms with Crippen molar-refractivity contribution in [2.24, 2.45) is 0 Å². The first-order valence-electron chi connectivity index (χ1n) is 8.28. The van der Waals surface area contributed by atoms with Crippen LogP contribution >= 0.6 is 11.6 Å². The number of carbonyl (C=O) groups is 1. The maximum atomic E-state index is 12.2. The minimum atomic E-state index is -0.0975. The molecule has 2 heterocycles. The Labute approximate surface area is 147 Å². The number of hydrogen-bond donors (Lipinski definition) is 2. The van der Waals surface area contributed by atoms with Gasteiger partial charge in [-0.25, -0.2) is 0 Å². The Hall–Kier alpha value is -1.98. The van der Waals surface area contributed by atoms with Gasteiger partial charge >= 0.3 is 0 Å². The number of rotatable bonds is 5. The van der Waals surface area contributed by atoms with E-state index in [0.29, 0.717) is 6.54 Å². The van der Waals surface area contributed by atoms with E-state index in [1.165, 1.54) is 4.90 Å². The van der Waals surface area contributed by atoms with E-state index in [4.69, 9.17) is 16.0 Å². The molecule has 24 heavy (non-hydrogen) atoms. The van der Waals surface area contributed by atoms with Crippen LogP contribution in [0.2, 0.25) is 5.02 Å². The lowest BCUT2D eigenvalue weighted by Crippen LogP contribution is -3.15. The quantitative estimate of drug-likeness (QED) is 0.861. The van der Waals surface area contributed by atoms with Crippen LogP contribution in [0.1, 0.15) is 18.7 Å². The molecule has 6 heteroatoms. The first-order valence-corrected chi connectivity index (χ1v) is 8.66. The van der Waals surface area contributed by atoms with Crippen molar-refractivity contribution in [3.63, 3.8) is 0 Å². The molecule has 2 N–H and O–H groups in total. The summed E-state index contributed by atoms with van der Waals surface area (Å²) in [6.45, 7) is 6.16. The number of anilines is 1. The zero-order chi connectivity index (χ0) is 16.9. The van der Waals surface area contributed by atoms with Crippen molar-refractivity contribution in [1.82, 2.24) is 5.32 Å². The number of hydrogen-bond acceptors (Lipinski definition) is 3. The third-order valence-corrected chi connectivity index (χ3v) is 4.64. The van der Waals surface area contributed by atoms with Gasteiger partial charge in [0.1, 0.15) is 5.76 Å². The molecule has 1 atom stereocenters. The SMILES string of the molecule is C[C@H](NC(=O)C[NH+]1CCN(c2cccc(Cl)c2)CC1)c1ccco1. The lowest BCUT2D eigenvalue weighted by Gasteiger charge is -2.33. The van der Waals surface area contributed by atoms with Gasteiger partial charge in [-0.15, -0.1) is 0 Å². The van der Waals surface area contributed by atoms with Crippen LogP contribution in [-0.2, 0) is 4.79 Å². The zero-order valence-corrected chi connectivity index (χ0v) is 14.6. The lowest BCUT2D eigenvalue weighted by atomic mass is 10.2. The maximum absolute atomic E-state index is 12.2. The molecule has 2 aromatic rings. The summed E-state index contributed by atoms with van der Waals surface area (Å²) in [6.07, 6.45) is 1.62. The third kappa shape index (κ3) is 4.30. The van der Waals surface area contributed by atoms with Gasteiger partial charge in [0.25, 0.3) is 5.91 Å². The maximum Gasteiger partial charge on any atom is 0.275 e. The topological polar surface area (TPSA) is 49.9 Å². The van der Waals surface area contributed by atoms with Crippen molar-refractivity contribution in [3.05, 3.63) is 53.4 Å². The van der Waals surface area contributed by atoms with E-state index in [2.05, 4.69) is 16.3 Å². The number of halogens is 1. The summed E-state index contributed by atoms with van der Waals surface area (Å²) in [6, 6.07) is 11.5. The van der Waals surface area contributed by atoms with E-state index < -0.39 is 0 Å². The fourth-order valence-corrected chi connectivity index (χ4v) is 3.24. The standard InChI is InChI=1S/C18H22ClN3O2/c1-14(17-6-3-11-24-17)20-18(23)13-21-7-9-22(10-8-21)16-5-2-4-15(19)12-16/h2-6,11-12,14H,7-10,13H2,1H3,(H,20,23)/p+1/t14-/m0/s1. The first-order chi connectivity index (χ1) is 11.6. The highest BCUT2D eigenvalue weighted by molar-refractivity contribution is 6.30. The number of quaternary nitrogens is 1. The molecule has 1 aliphatic heterocycles. The number of furan rings is 1. The van der Waals surface area contributed by atoms with E-state index in [0.717, 1.165) is 42.6 Å². The first kappa shape index (κ1) is 16.9. The molecular weight excluding hydrogens is 326 g/mol. The monoisotopic (exact) mass is 348 g/mol. The molecule has 0 aliphatic carbocycles. The molecule has 5 nitrogen and oxygen atoms in total. The summed E-state index contributed by atoms with van der Waals surface area (Å²) in [5, 5.41) is 3.75. The number of carbonyl (C=O) groups excluding carboxylic acids is 1. The van der Waals surface area contributed by atoms with Crippen LogP contribution in [0.25, 0.3) is 0 Å². The van der Waals surface area contributed by atoms with Crippen LogP contribution in [0, 0.1) is 0 Å². The Bertz CT molecular complexity index is 667. The second kappa shape index (κ2) is 7.73. The molecule has 1 fully saturated rings. The molecule has 1 aromatic heterocycles. The van der Waals surface area contributed by atoms with Crippen LogP contribution in [0.4, 0.5) is 5.69 Å². The van der Waals surface area contributed by atoms with Gasteiger partial charge in [0.15, 0.2) is 6.54 Å². The van der Waals surface area contributed by atoms with Gasteiger partial charge in [0.2, 0.25) is 0 Å². The highest BCUT2D eigenvalue weighted by atomic mass is 35.5. The minimum Gasteiger partial charge on any atom is -0.467 e. The van der Waals surface area contributed by atoms with Crippen LogP contribution in [0.3, 0.4) is 0 Å². The summed E-state index contributed by atoms with van der Waals surface area (Å²) < 4.78 is 5.32. The molecule has 0 saturated carbocycles. The van der Waals surface area contributed by atoms with E-state index in [1.807, 2.05) is 37.3 Å².